The van der Waals surface area contributed by atoms with E-state index in [0.29, 0.717) is 13.1 Å². The molecule has 0 saturated carbocycles. The average Bonchev–Trinajstić information content (AvgIpc) is 4.03. The second kappa shape index (κ2) is 16.4. The van der Waals surface area contributed by atoms with Crippen molar-refractivity contribution in [3.8, 4) is 22.3 Å². The Morgan fingerprint density at radius 2 is 1.35 bits per heavy atom. The van der Waals surface area contributed by atoms with Crippen LogP contribution in [0.5, 0.6) is 0 Å². The van der Waals surface area contributed by atoms with E-state index < -0.39 is 18.1 Å². The molecule has 2 aromatic heterocycles. The van der Waals surface area contributed by atoms with E-state index in [2.05, 4.69) is 63.4 Å². The van der Waals surface area contributed by atoms with Crippen LogP contribution in [-0.2, 0) is 30.9 Å². The van der Waals surface area contributed by atoms with Crippen molar-refractivity contribution in [2.45, 2.75) is 77.9 Å². The molecule has 13 nitrogen and oxygen atoms in total. The number of nitrogens with one attached hydrogen (secondary N) is 2. The largest absolute Gasteiger partial charge is 0.469 e. The minimum atomic E-state index is -0.690. The van der Waals surface area contributed by atoms with Crippen molar-refractivity contribution in [1.29, 1.82) is 0 Å². The fourth-order valence-corrected chi connectivity index (χ4v) is 8.48. The summed E-state index contributed by atoms with van der Waals surface area (Å²) in [5, 5.41) is 2.72. The zero-order chi connectivity index (χ0) is 40.5. The second-order valence-corrected chi connectivity index (χ2v) is 16.0. The van der Waals surface area contributed by atoms with E-state index in [1.807, 2.05) is 56.7 Å². The summed E-state index contributed by atoms with van der Waals surface area (Å²) in [4.78, 5) is 68.7. The molecule has 3 aromatic carbocycles. The molecule has 2 aliphatic heterocycles. The van der Waals surface area contributed by atoms with E-state index in [1.54, 1.807) is 0 Å². The fraction of sp³-hybridized carbons (Fsp3) is 0.455. The predicted octanol–water partition coefficient (Wildman–Crippen LogP) is 7.33. The minimum Gasteiger partial charge on any atom is -0.469 e. The lowest BCUT2D eigenvalue weighted by atomic mass is 9.91. The van der Waals surface area contributed by atoms with Crippen LogP contribution >= 0.6 is 0 Å². The molecule has 0 unspecified atom stereocenters. The van der Waals surface area contributed by atoms with Gasteiger partial charge in [-0.2, -0.15) is 0 Å². The van der Waals surface area contributed by atoms with Gasteiger partial charge in [-0.15, -0.1) is 0 Å². The van der Waals surface area contributed by atoms with E-state index >= 15 is 0 Å². The number of fused-ring (bicyclic) bond motifs is 2. The van der Waals surface area contributed by atoms with Crippen LogP contribution < -0.4 is 5.32 Å². The van der Waals surface area contributed by atoms with Gasteiger partial charge in [0.2, 0.25) is 11.8 Å². The van der Waals surface area contributed by atoms with Crippen molar-refractivity contribution in [3.63, 3.8) is 0 Å². The molecule has 7 rings (SSSR count). The number of imidazole rings is 2. The van der Waals surface area contributed by atoms with Gasteiger partial charge in [0, 0.05) is 20.1 Å². The lowest BCUT2D eigenvalue weighted by molar-refractivity contribution is -0.148. The molecule has 3 amide bonds. The van der Waals surface area contributed by atoms with Crippen molar-refractivity contribution < 1.29 is 28.7 Å². The number of amides is 3. The monoisotopic (exact) mass is 775 g/mol. The Balaban J connectivity index is 1.08. The van der Waals surface area contributed by atoms with Gasteiger partial charge in [0.15, 0.2) is 0 Å². The highest BCUT2D eigenvalue weighted by Gasteiger charge is 2.39. The number of aryl methyl sites for hydroxylation is 1. The van der Waals surface area contributed by atoms with Gasteiger partial charge in [-0.05, 0) is 84.0 Å². The van der Waals surface area contributed by atoms with Crippen LogP contribution in [0.2, 0.25) is 0 Å². The van der Waals surface area contributed by atoms with Crippen molar-refractivity contribution in [2.75, 3.05) is 27.3 Å². The molecular weight excluding hydrogens is 723 g/mol. The molecule has 0 radical (unpaired) electrons. The van der Waals surface area contributed by atoms with Crippen LogP contribution in [0.3, 0.4) is 0 Å². The zero-order valence-electron chi connectivity index (χ0n) is 33.9. The molecule has 2 N–H and O–H groups in total. The number of aromatic amines is 1. The summed E-state index contributed by atoms with van der Waals surface area (Å²) in [6.45, 7) is 8.99. The predicted molar refractivity (Wildman–Crippen MR) is 218 cm³/mol. The first-order valence-electron chi connectivity index (χ1n) is 20.0. The van der Waals surface area contributed by atoms with E-state index in [0.717, 1.165) is 81.7 Å². The maximum absolute atomic E-state index is 13.7. The first kappa shape index (κ1) is 39.5. The first-order valence-corrected chi connectivity index (χ1v) is 20.0. The molecule has 5 aromatic rings. The van der Waals surface area contributed by atoms with Crippen LogP contribution in [0.25, 0.3) is 44.3 Å². The zero-order valence-corrected chi connectivity index (χ0v) is 33.9. The van der Waals surface area contributed by atoms with Gasteiger partial charge < -0.3 is 34.1 Å². The van der Waals surface area contributed by atoms with Crippen molar-refractivity contribution in [2.24, 2.45) is 24.8 Å². The Bertz CT molecular complexity index is 2290. The number of benzene rings is 3. The van der Waals surface area contributed by atoms with Crippen LogP contribution in [-0.4, -0.2) is 86.5 Å². The van der Waals surface area contributed by atoms with Gasteiger partial charge in [-0.25, -0.2) is 14.8 Å². The highest BCUT2D eigenvalue weighted by Crippen LogP contribution is 2.37. The molecule has 2 fully saturated rings. The normalized spacial score (nSPS) is 18.1. The Morgan fingerprint density at radius 3 is 1.96 bits per heavy atom. The SMILES string of the molecule is COC(=O)C[C@H](C(=O)N1CCC[C@H]1c1nc2ccc(-c3ccc(-c4ccc5nc([C@@H]6CCCN6C(=O)[C@@H](NC(=O)OC)C(C)C)n(C)c5c4)cc3)cc2[nH]1)C(C)C. The Morgan fingerprint density at radius 1 is 0.754 bits per heavy atom. The summed E-state index contributed by atoms with van der Waals surface area (Å²) in [7, 11) is 4.65. The van der Waals surface area contributed by atoms with Gasteiger partial charge in [-0.1, -0.05) is 64.1 Å². The van der Waals surface area contributed by atoms with E-state index in [4.69, 9.17) is 19.4 Å². The third-order valence-corrected chi connectivity index (χ3v) is 11.8. The van der Waals surface area contributed by atoms with Crippen LogP contribution in [0.1, 0.15) is 83.5 Å². The summed E-state index contributed by atoms with van der Waals surface area (Å²) in [6, 6.07) is 19.9. The number of hydrogen-bond donors (Lipinski definition) is 2. The third-order valence-electron chi connectivity index (χ3n) is 11.8. The smallest absolute Gasteiger partial charge is 0.407 e. The quantitative estimate of drug-likeness (QED) is 0.133. The maximum atomic E-state index is 13.7. The number of H-pyrrole nitrogens is 1. The minimum absolute atomic E-state index is 0.00264. The molecule has 0 aliphatic carbocycles. The number of ether oxygens (including phenoxy) is 2. The molecule has 0 spiro atoms. The number of likely N-dealkylation sites (tertiary alicyclic amines) is 2. The van der Waals surface area contributed by atoms with Gasteiger partial charge >= 0.3 is 12.1 Å². The first-order chi connectivity index (χ1) is 27.4. The lowest BCUT2D eigenvalue weighted by Gasteiger charge is -2.30. The van der Waals surface area contributed by atoms with Gasteiger partial charge in [0.25, 0.3) is 0 Å². The maximum Gasteiger partial charge on any atom is 0.407 e. The number of methoxy groups -OCH3 is 2. The van der Waals surface area contributed by atoms with Crippen LogP contribution in [0.4, 0.5) is 4.79 Å². The van der Waals surface area contributed by atoms with E-state index in [9.17, 15) is 19.2 Å². The Labute approximate surface area is 333 Å². The van der Waals surface area contributed by atoms with Crippen molar-refractivity contribution in [3.05, 3.63) is 72.3 Å². The standard InChI is InChI=1S/C44H53N7O6/c1-25(2)31(24-38(52)56-6)42(53)50-20-8-10-35(50)40-45-32-18-16-29(22-34(32)46-40)27-12-14-28(15-13-27)30-17-19-33-37(23-30)49(5)41(47-33)36-11-9-21-51(36)43(54)39(26(3)4)48-44(55)57-7/h12-19,22-23,25-26,31,35-36,39H,8-11,20-21,24H2,1-7H3,(H,45,46)(H,48,55)/t31-,35-,36-,39-/m0/s1. The molecule has 0 bridgehead atoms. The number of carbonyl (C=O) groups excluding carboxylic acids is 4. The molecule has 4 atom stereocenters. The summed E-state index contributed by atoms with van der Waals surface area (Å²) in [5.74, 6) is 0.517. The van der Waals surface area contributed by atoms with E-state index in [1.165, 1.54) is 14.2 Å². The number of esters is 1. The summed E-state index contributed by atoms with van der Waals surface area (Å²) >= 11 is 0. The van der Waals surface area contributed by atoms with Crippen LogP contribution in [0, 0.1) is 17.8 Å². The fourth-order valence-electron chi connectivity index (χ4n) is 8.48. The van der Waals surface area contributed by atoms with Crippen molar-refractivity contribution >= 4 is 45.9 Å². The number of hydrogen-bond acceptors (Lipinski definition) is 8. The Kier molecular flexibility index (Phi) is 11.4. The highest BCUT2D eigenvalue weighted by atomic mass is 16.5. The number of aromatic nitrogens is 4. The number of rotatable bonds is 11. The third kappa shape index (κ3) is 7.84. The molecule has 13 heteroatoms. The van der Waals surface area contributed by atoms with E-state index in [-0.39, 0.29) is 48.1 Å². The average molecular weight is 776 g/mol. The molecule has 2 aliphatic rings. The van der Waals surface area contributed by atoms with Crippen LogP contribution in [0.15, 0.2) is 60.7 Å². The molecule has 300 valence electrons. The van der Waals surface area contributed by atoms with Crippen molar-refractivity contribution in [1.82, 2.24) is 34.6 Å². The summed E-state index contributed by atoms with van der Waals surface area (Å²) < 4.78 is 11.8. The van der Waals surface area contributed by atoms with Gasteiger partial charge in [0.05, 0.1) is 60.7 Å². The summed E-state index contributed by atoms with van der Waals surface area (Å²) in [5.41, 5.74) is 7.81. The molecule has 2 saturated heterocycles. The number of alkyl carbamates (subject to hydrolysis) is 1. The molecular formula is C44H53N7O6. The van der Waals surface area contributed by atoms with Gasteiger partial charge in [0.1, 0.15) is 17.7 Å². The summed E-state index contributed by atoms with van der Waals surface area (Å²) in [6.07, 6.45) is 2.78. The molecule has 57 heavy (non-hydrogen) atoms. The lowest BCUT2D eigenvalue weighted by Crippen LogP contribution is -2.51. The second-order valence-electron chi connectivity index (χ2n) is 16.0. The van der Waals surface area contributed by atoms with Gasteiger partial charge in [-0.3, -0.25) is 14.4 Å². The topological polar surface area (TPSA) is 152 Å². The number of nitrogens with zero attached hydrogens (tertiary/aromatic N) is 5. The Hall–Kier alpha value is -5.72. The number of carbonyl (C=O) groups is 4. The highest BCUT2D eigenvalue weighted by molar-refractivity contribution is 5.88. The molecule has 4 heterocycles.